The summed E-state index contributed by atoms with van der Waals surface area (Å²) in [5.41, 5.74) is 5.59. The van der Waals surface area contributed by atoms with Crippen LogP contribution < -0.4 is 16.4 Å². The lowest BCUT2D eigenvalue weighted by molar-refractivity contribution is -0.124. The Morgan fingerprint density at radius 1 is 1.60 bits per heavy atom. The van der Waals surface area contributed by atoms with E-state index in [1.807, 2.05) is 0 Å². The van der Waals surface area contributed by atoms with Gasteiger partial charge in [0.15, 0.2) is 0 Å². The molecule has 2 aliphatic rings. The van der Waals surface area contributed by atoms with Gasteiger partial charge in [-0.2, -0.15) is 0 Å². The van der Waals surface area contributed by atoms with Crippen LogP contribution in [-0.2, 0) is 9.53 Å². The fourth-order valence-electron chi connectivity index (χ4n) is 1.60. The molecule has 2 rings (SSSR count). The lowest BCUT2D eigenvalue weighted by Crippen LogP contribution is -2.42. The van der Waals surface area contributed by atoms with Crippen molar-refractivity contribution in [3.8, 4) is 0 Å². The van der Waals surface area contributed by atoms with E-state index in [1.165, 1.54) is 0 Å². The molecule has 0 spiro atoms. The van der Waals surface area contributed by atoms with Crippen molar-refractivity contribution in [2.24, 2.45) is 5.73 Å². The molecule has 15 heavy (non-hydrogen) atoms. The lowest BCUT2D eigenvalue weighted by atomic mass is 10.2. The summed E-state index contributed by atoms with van der Waals surface area (Å²) < 4.78 is 5.42. The Labute approximate surface area is 95.5 Å². The molecule has 88 valence electrons. The van der Waals surface area contributed by atoms with Crippen LogP contribution in [0.25, 0.3) is 0 Å². The van der Waals surface area contributed by atoms with Crippen LogP contribution in [0, 0.1) is 0 Å². The second-order valence-electron chi connectivity index (χ2n) is 3.97. The number of carbonyl (C=O) groups excluding carboxylic acids is 1. The smallest absolute Gasteiger partial charge is 0.222 e. The number of ether oxygens (including phenoxy) is 1. The number of nitrogens with one attached hydrogen (secondary N) is 2. The summed E-state index contributed by atoms with van der Waals surface area (Å²) in [6.45, 7) is 2.34. The maximum atomic E-state index is 11.4. The summed E-state index contributed by atoms with van der Waals surface area (Å²) in [6.07, 6.45) is 1.38. The number of nitrogens with two attached hydrogens (primary N) is 1. The molecule has 1 saturated heterocycles. The summed E-state index contributed by atoms with van der Waals surface area (Å²) >= 11 is 0. The highest BCUT2D eigenvalue weighted by Gasteiger charge is 2.35. The quantitative estimate of drug-likeness (QED) is 0.587. The maximum absolute atomic E-state index is 11.4. The summed E-state index contributed by atoms with van der Waals surface area (Å²) in [6, 6.07) is 0.378. The first-order valence-corrected chi connectivity index (χ1v) is 5.13. The Morgan fingerprint density at radius 2 is 2.33 bits per heavy atom. The van der Waals surface area contributed by atoms with Crippen molar-refractivity contribution in [3.05, 3.63) is 0 Å². The summed E-state index contributed by atoms with van der Waals surface area (Å²) in [5, 5.41) is 6.07. The van der Waals surface area contributed by atoms with Gasteiger partial charge in [0.1, 0.15) is 0 Å². The molecule has 4 N–H and O–H groups in total. The van der Waals surface area contributed by atoms with Gasteiger partial charge in [-0.15, -0.1) is 12.4 Å². The molecule has 1 amide bonds. The molecule has 0 bridgehead atoms. The van der Waals surface area contributed by atoms with E-state index in [0.29, 0.717) is 13.0 Å². The molecule has 1 aliphatic carbocycles. The van der Waals surface area contributed by atoms with Gasteiger partial charge < -0.3 is 21.1 Å². The standard InChI is InChI=1S/C9H17N3O2.ClH/c10-7-4-8(7)12-9(13)3-6-5-11-1-2-14-6;/h6-8,11H,1-5,10H2,(H,12,13);1H. The monoisotopic (exact) mass is 235 g/mol. The predicted molar refractivity (Wildman–Crippen MR) is 59.0 cm³/mol. The van der Waals surface area contributed by atoms with Crippen LogP contribution in [0.3, 0.4) is 0 Å². The maximum Gasteiger partial charge on any atom is 0.222 e. The number of amides is 1. The molecule has 5 nitrogen and oxygen atoms in total. The van der Waals surface area contributed by atoms with Gasteiger partial charge in [-0.05, 0) is 6.42 Å². The molecule has 3 atom stereocenters. The second kappa shape index (κ2) is 5.65. The van der Waals surface area contributed by atoms with E-state index >= 15 is 0 Å². The summed E-state index contributed by atoms with van der Waals surface area (Å²) in [4.78, 5) is 11.4. The number of carbonyl (C=O) groups is 1. The minimum atomic E-state index is 0. The third-order valence-corrected chi connectivity index (χ3v) is 2.60. The van der Waals surface area contributed by atoms with Gasteiger partial charge in [0.2, 0.25) is 5.91 Å². The second-order valence-corrected chi connectivity index (χ2v) is 3.97. The lowest BCUT2D eigenvalue weighted by Gasteiger charge is -2.23. The summed E-state index contributed by atoms with van der Waals surface area (Å²) in [5.74, 6) is 0.0525. The molecule has 1 aliphatic heterocycles. The number of hydrogen-bond acceptors (Lipinski definition) is 4. The van der Waals surface area contributed by atoms with Crippen molar-refractivity contribution in [2.45, 2.75) is 31.0 Å². The van der Waals surface area contributed by atoms with E-state index in [1.54, 1.807) is 0 Å². The number of halogens is 1. The Hall–Kier alpha value is -0.360. The topological polar surface area (TPSA) is 76.4 Å². The molecule has 2 fully saturated rings. The van der Waals surface area contributed by atoms with Crippen LogP contribution in [0.5, 0.6) is 0 Å². The van der Waals surface area contributed by atoms with Crippen molar-refractivity contribution in [1.82, 2.24) is 10.6 Å². The zero-order chi connectivity index (χ0) is 9.97. The van der Waals surface area contributed by atoms with E-state index < -0.39 is 0 Å². The Balaban J connectivity index is 0.00000112. The largest absolute Gasteiger partial charge is 0.375 e. The first kappa shape index (κ1) is 12.7. The molecule has 0 aromatic carbocycles. The molecule has 1 saturated carbocycles. The molecule has 6 heteroatoms. The van der Waals surface area contributed by atoms with Crippen LogP contribution in [0.4, 0.5) is 0 Å². The minimum absolute atomic E-state index is 0. The molecule has 3 unspecified atom stereocenters. The third-order valence-electron chi connectivity index (χ3n) is 2.60. The van der Waals surface area contributed by atoms with Gasteiger partial charge in [-0.3, -0.25) is 4.79 Å². The van der Waals surface area contributed by atoms with E-state index in [9.17, 15) is 4.79 Å². The van der Waals surface area contributed by atoms with Gasteiger partial charge in [-0.1, -0.05) is 0 Å². The van der Waals surface area contributed by atoms with E-state index in [2.05, 4.69) is 10.6 Å². The van der Waals surface area contributed by atoms with Gasteiger partial charge in [0.05, 0.1) is 19.1 Å². The van der Waals surface area contributed by atoms with Crippen LogP contribution in [0.15, 0.2) is 0 Å². The Morgan fingerprint density at radius 3 is 2.87 bits per heavy atom. The van der Waals surface area contributed by atoms with Crippen molar-refractivity contribution >= 4 is 18.3 Å². The Kier molecular flexibility index (Phi) is 4.79. The van der Waals surface area contributed by atoms with E-state index in [4.69, 9.17) is 10.5 Å². The zero-order valence-corrected chi connectivity index (χ0v) is 9.39. The van der Waals surface area contributed by atoms with Crippen molar-refractivity contribution < 1.29 is 9.53 Å². The molecule has 0 aromatic heterocycles. The van der Waals surface area contributed by atoms with Crippen molar-refractivity contribution in [1.29, 1.82) is 0 Å². The number of hydrogen-bond donors (Lipinski definition) is 3. The average Bonchev–Trinajstić information content (AvgIpc) is 2.83. The highest BCUT2D eigenvalue weighted by atomic mass is 35.5. The average molecular weight is 236 g/mol. The molecule has 1 heterocycles. The normalized spacial score (nSPS) is 34.1. The third kappa shape index (κ3) is 3.95. The molecular formula is C9H18ClN3O2. The minimum Gasteiger partial charge on any atom is -0.375 e. The first-order valence-electron chi connectivity index (χ1n) is 5.13. The van der Waals surface area contributed by atoms with E-state index in [0.717, 1.165) is 19.5 Å². The SMILES string of the molecule is Cl.NC1CC1NC(=O)CC1CNCCO1. The zero-order valence-electron chi connectivity index (χ0n) is 8.57. The predicted octanol–water partition coefficient (Wildman–Crippen LogP) is -0.997. The van der Waals surface area contributed by atoms with E-state index in [-0.39, 0.29) is 36.5 Å². The number of morpholine rings is 1. The fourth-order valence-corrected chi connectivity index (χ4v) is 1.60. The van der Waals surface area contributed by atoms with Crippen LogP contribution in [-0.4, -0.2) is 43.8 Å². The summed E-state index contributed by atoms with van der Waals surface area (Å²) in [7, 11) is 0. The van der Waals surface area contributed by atoms with Gasteiger partial charge in [0.25, 0.3) is 0 Å². The van der Waals surface area contributed by atoms with Crippen molar-refractivity contribution in [3.63, 3.8) is 0 Å². The fraction of sp³-hybridized carbons (Fsp3) is 0.889. The number of rotatable bonds is 3. The highest BCUT2D eigenvalue weighted by Crippen LogP contribution is 2.18. The van der Waals surface area contributed by atoms with Gasteiger partial charge >= 0.3 is 0 Å². The first-order chi connectivity index (χ1) is 6.75. The Bertz CT molecular complexity index is 221. The molecule has 0 aromatic rings. The molecule has 0 radical (unpaired) electrons. The highest BCUT2D eigenvalue weighted by molar-refractivity contribution is 5.85. The molecular weight excluding hydrogens is 218 g/mol. The van der Waals surface area contributed by atoms with Gasteiger partial charge in [-0.25, -0.2) is 0 Å². The van der Waals surface area contributed by atoms with Crippen LogP contribution >= 0.6 is 12.4 Å². The van der Waals surface area contributed by atoms with Crippen LogP contribution in [0.2, 0.25) is 0 Å². The van der Waals surface area contributed by atoms with Crippen molar-refractivity contribution in [2.75, 3.05) is 19.7 Å². The van der Waals surface area contributed by atoms with Gasteiger partial charge in [0, 0.05) is 25.2 Å². The van der Waals surface area contributed by atoms with Crippen LogP contribution in [0.1, 0.15) is 12.8 Å².